The summed E-state index contributed by atoms with van der Waals surface area (Å²) in [5, 5.41) is 9.29. The fourth-order valence-corrected chi connectivity index (χ4v) is 2.93. The van der Waals surface area contributed by atoms with E-state index in [0.717, 1.165) is 47.3 Å². The number of aryl methyl sites for hydroxylation is 3. The van der Waals surface area contributed by atoms with Crippen molar-refractivity contribution in [2.75, 3.05) is 0 Å². The molecule has 0 aliphatic heterocycles. The third kappa shape index (κ3) is 4.10. The molecule has 0 spiro atoms. The third-order valence-corrected chi connectivity index (χ3v) is 4.29. The Morgan fingerprint density at radius 2 is 1.84 bits per heavy atom. The van der Waals surface area contributed by atoms with Crippen molar-refractivity contribution in [3.8, 4) is 17.3 Å². The van der Waals surface area contributed by atoms with Crippen LogP contribution in [0.3, 0.4) is 0 Å². The average Bonchev–Trinajstić information content (AvgIpc) is 2.63. The number of hydrogen-bond donors (Lipinski definition) is 0. The highest BCUT2D eigenvalue weighted by Gasteiger charge is 2.08. The minimum absolute atomic E-state index is 0.193. The molecular weight excluding hydrogens is 311 g/mol. The average molecular weight is 330 g/mol. The number of pyridine rings is 1. The number of nitrogens with zero attached hydrogens (tertiary/aromatic N) is 2. The smallest absolute Gasteiger partial charge is 0.123 e. The molecule has 3 aromatic rings. The normalized spacial score (nSPS) is 10.4. The molecule has 2 aromatic carbocycles. The monoisotopic (exact) mass is 330 g/mol. The molecule has 0 unspecified atom stereocenters. The van der Waals surface area contributed by atoms with Crippen LogP contribution in [0.15, 0.2) is 60.7 Å². The minimum Gasteiger partial charge on any atom is -0.253 e. The van der Waals surface area contributed by atoms with Gasteiger partial charge in [0, 0.05) is 11.3 Å². The molecule has 0 amide bonds. The van der Waals surface area contributed by atoms with Crippen molar-refractivity contribution >= 4 is 0 Å². The van der Waals surface area contributed by atoms with Gasteiger partial charge in [-0.15, -0.1) is 0 Å². The first-order valence-corrected chi connectivity index (χ1v) is 8.38. The van der Waals surface area contributed by atoms with E-state index in [1.807, 2.05) is 43.3 Å². The van der Waals surface area contributed by atoms with Crippen LogP contribution in [0.5, 0.6) is 0 Å². The number of benzene rings is 2. The maximum Gasteiger partial charge on any atom is 0.123 e. The zero-order valence-electron chi connectivity index (χ0n) is 14.2. The van der Waals surface area contributed by atoms with E-state index >= 15 is 0 Å². The number of aromatic nitrogens is 1. The summed E-state index contributed by atoms with van der Waals surface area (Å²) >= 11 is 0. The van der Waals surface area contributed by atoms with Crippen LogP contribution in [0.25, 0.3) is 11.3 Å². The van der Waals surface area contributed by atoms with E-state index in [4.69, 9.17) is 4.98 Å². The van der Waals surface area contributed by atoms with Crippen LogP contribution in [0.1, 0.15) is 28.8 Å². The summed E-state index contributed by atoms with van der Waals surface area (Å²) < 4.78 is 13.3. The van der Waals surface area contributed by atoms with Crippen LogP contribution < -0.4 is 0 Å². The molecule has 0 N–H and O–H groups in total. The van der Waals surface area contributed by atoms with Crippen LogP contribution in [-0.2, 0) is 12.8 Å². The van der Waals surface area contributed by atoms with Gasteiger partial charge in [-0.2, -0.15) is 5.26 Å². The molecule has 25 heavy (non-hydrogen) atoms. The van der Waals surface area contributed by atoms with Crippen molar-refractivity contribution in [1.82, 2.24) is 4.98 Å². The van der Waals surface area contributed by atoms with E-state index < -0.39 is 0 Å². The first kappa shape index (κ1) is 16.9. The lowest BCUT2D eigenvalue weighted by Gasteiger charge is -2.09. The number of halogens is 1. The quantitative estimate of drug-likeness (QED) is 0.641. The summed E-state index contributed by atoms with van der Waals surface area (Å²) in [4.78, 5) is 4.77. The molecule has 0 saturated carbocycles. The van der Waals surface area contributed by atoms with Crippen LogP contribution in [0, 0.1) is 24.1 Å². The Hall–Kier alpha value is -2.99. The Bertz CT molecular complexity index is 925. The molecule has 1 aromatic heterocycles. The first-order valence-electron chi connectivity index (χ1n) is 8.38. The van der Waals surface area contributed by atoms with Gasteiger partial charge in [0.05, 0.1) is 17.3 Å². The Labute approximate surface area is 147 Å². The van der Waals surface area contributed by atoms with Crippen LogP contribution in [0.4, 0.5) is 4.39 Å². The summed E-state index contributed by atoms with van der Waals surface area (Å²) in [5.74, 6) is -0.193. The molecule has 3 heteroatoms. The maximum absolute atomic E-state index is 13.3. The van der Waals surface area contributed by atoms with Crippen molar-refractivity contribution in [1.29, 1.82) is 5.26 Å². The highest BCUT2D eigenvalue weighted by molar-refractivity contribution is 5.67. The molecule has 1 heterocycles. The van der Waals surface area contributed by atoms with Gasteiger partial charge in [0.2, 0.25) is 0 Å². The Morgan fingerprint density at radius 3 is 2.64 bits per heavy atom. The Kier molecular flexibility index (Phi) is 5.20. The largest absolute Gasteiger partial charge is 0.253 e. The van der Waals surface area contributed by atoms with Gasteiger partial charge < -0.3 is 0 Å². The lowest BCUT2D eigenvalue weighted by Crippen LogP contribution is -1.99. The molecule has 0 radical (unpaired) electrons. The van der Waals surface area contributed by atoms with Gasteiger partial charge in [-0.1, -0.05) is 36.4 Å². The molecule has 0 saturated heterocycles. The molecule has 2 nitrogen and oxygen atoms in total. The molecule has 0 aliphatic carbocycles. The van der Waals surface area contributed by atoms with Crippen LogP contribution in [-0.4, -0.2) is 4.98 Å². The molecule has 0 fully saturated rings. The second-order valence-corrected chi connectivity index (χ2v) is 6.10. The highest BCUT2D eigenvalue weighted by Crippen LogP contribution is 2.23. The highest BCUT2D eigenvalue weighted by atomic mass is 19.1. The van der Waals surface area contributed by atoms with Crippen molar-refractivity contribution in [3.05, 3.63) is 88.9 Å². The summed E-state index contributed by atoms with van der Waals surface area (Å²) in [6.45, 7) is 2.05. The molecule has 0 bridgehead atoms. The SMILES string of the molecule is Cc1ccc(-c2ccccc2C#N)nc1CCCc1cccc(F)c1. The Morgan fingerprint density at radius 1 is 1.00 bits per heavy atom. The molecule has 124 valence electrons. The fourth-order valence-electron chi connectivity index (χ4n) is 2.93. The van der Waals surface area contributed by atoms with E-state index in [1.54, 1.807) is 18.2 Å². The predicted octanol–water partition coefficient (Wildman–Crippen LogP) is 5.24. The second-order valence-electron chi connectivity index (χ2n) is 6.10. The molecule has 3 rings (SSSR count). The lowest BCUT2D eigenvalue weighted by atomic mass is 10.0. The van der Waals surface area contributed by atoms with Gasteiger partial charge in [0.15, 0.2) is 0 Å². The van der Waals surface area contributed by atoms with E-state index in [-0.39, 0.29) is 5.82 Å². The molecular formula is C22H19FN2. The summed E-state index contributed by atoms with van der Waals surface area (Å²) in [6, 6.07) is 20.5. The van der Waals surface area contributed by atoms with E-state index in [2.05, 4.69) is 6.07 Å². The lowest BCUT2D eigenvalue weighted by molar-refractivity contribution is 0.624. The first-order chi connectivity index (χ1) is 12.2. The van der Waals surface area contributed by atoms with Crippen LogP contribution in [0.2, 0.25) is 0 Å². The van der Waals surface area contributed by atoms with E-state index in [0.29, 0.717) is 5.56 Å². The van der Waals surface area contributed by atoms with Crippen molar-refractivity contribution in [3.63, 3.8) is 0 Å². The standard InChI is InChI=1S/C22H19FN2/c1-16-12-13-22(20-10-3-2-8-18(20)15-24)25-21(16)11-5-7-17-6-4-9-19(23)14-17/h2-4,6,8-10,12-14H,5,7,11H2,1H3. The second kappa shape index (κ2) is 7.72. The number of rotatable bonds is 5. The topological polar surface area (TPSA) is 36.7 Å². The van der Waals surface area contributed by atoms with Gasteiger partial charge in [-0.25, -0.2) is 4.39 Å². The number of hydrogen-bond acceptors (Lipinski definition) is 2. The van der Waals surface area contributed by atoms with Crippen molar-refractivity contribution in [2.24, 2.45) is 0 Å². The third-order valence-electron chi connectivity index (χ3n) is 4.29. The zero-order chi connectivity index (χ0) is 17.6. The number of nitriles is 1. The molecule has 0 atom stereocenters. The maximum atomic E-state index is 13.3. The summed E-state index contributed by atoms with van der Waals surface area (Å²) in [6.07, 6.45) is 2.55. The van der Waals surface area contributed by atoms with E-state index in [9.17, 15) is 9.65 Å². The van der Waals surface area contributed by atoms with Gasteiger partial charge in [0.1, 0.15) is 5.82 Å². The Balaban J connectivity index is 1.77. The zero-order valence-corrected chi connectivity index (χ0v) is 14.2. The van der Waals surface area contributed by atoms with Gasteiger partial charge in [-0.3, -0.25) is 4.98 Å². The summed E-state index contributed by atoms with van der Waals surface area (Å²) in [7, 11) is 0. The van der Waals surface area contributed by atoms with Gasteiger partial charge >= 0.3 is 0 Å². The predicted molar refractivity (Wildman–Crippen MR) is 97.6 cm³/mol. The minimum atomic E-state index is -0.193. The van der Waals surface area contributed by atoms with Crippen molar-refractivity contribution < 1.29 is 4.39 Å². The molecule has 0 aliphatic rings. The summed E-state index contributed by atoms with van der Waals surface area (Å²) in [5.41, 5.74) is 5.48. The van der Waals surface area contributed by atoms with Gasteiger partial charge in [0.25, 0.3) is 0 Å². The van der Waals surface area contributed by atoms with Gasteiger partial charge in [-0.05, 0) is 61.6 Å². The fraction of sp³-hybridized carbons (Fsp3) is 0.182. The van der Waals surface area contributed by atoms with Crippen molar-refractivity contribution in [2.45, 2.75) is 26.2 Å². The van der Waals surface area contributed by atoms with E-state index in [1.165, 1.54) is 6.07 Å². The van der Waals surface area contributed by atoms with Crippen LogP contribution >= 0.6 is 0 Å².